The molecule has 5 nitrogen and oxygen atoms in total. The number of aromatic amines is 1. The fraction of sp³-hybridized carbons (Fsp3) is 0.217. The normalized spacial score (nSPS) is 15.1. The molecular formula is C23H21BrN4O. The number of H-pyrrole nitrogens is 1. The van der Waals surface area contributed by atoms with E-state index in [9.17, 15) is 4.79 Å². The lowest BCUT2D eigenvalue weighted by Gasteiger charge is -2.31. The molecule has 2 aromatic heterocycles. The number of nitrogens with zero attached hydrogens (tertiary/aromatic N) is 3. The van der Waals surface area contributed by atoms with Crippen LogP contribution in [0.2, 0.25) is 0 Å². The summed E-state index contributed by atoms with van der Waals surface area (Å²) < 4.78 is 2.71. The smallest absolute Gasteiger partial charge is 0.253 e. The molecule has 1 aliphatic rings. The molecule has 4 aromatic rings. The molecular weight excluding hydrogens is 428 g/mol. The van der Waals surface area contributed by atoms with Gasteiger partial charge in [-0.1, -0.05) is 18.2 Å². The van der Waals surface area contributed by atoms with Crippen LogP contribution in [0.5, 0.6) is 0 Å². The van der Waals surface area contributed by atoms with E-state index in [2.05, 4.69) is 56.3 Å². The molecule has 0 aliphatic carbocycles. The van der Waals surface area contributed by atoms with E-state index >= 15 is 0 Å². The zero-order valence-corrected chi connectivity index (χ0v) is 17.5. The van der Waals surface area contributed by atoms with E-state index in [0.717, 1.165) is 41.7 Å². The highest BCUT2D eigenvalue weighted by molar-refractivity contribution is 9.10. The number of benzene rings is 2. The molecule has 1 N–H and O–H groups in total. The minimum Gasteiger partial charge on any atom is -0.358 e. The molecule has 0 atom stereocenters. The number of halogens is 1. The van der Waals surface area contributed by atoms with Crippen LogP contribution in [0.1, 0.15) is 34.8 Å². The molecule has 29 heavy (non-hydrogen) atoms. The Kier molecular flexibility index (Phi) is 4.72. The Morgan fingerprint density at radius 2 is 1.83 bits per heavy atom. The Hall–Kier alpha value is -2.86. The molecule has 3 heterocycles. The van der Waals surface area contributed by atoms with Crippen molar-refractivity contribution in [1.82, 2.24) is 19.7 Å². The van der Waals surface area contributed by atoms with Crippen molar-refractivity contribution < 1.29 is 4.79 Å². The highest BCUT2D eigenvalue weighted by Gasteiger charge is 2.25. The maximum absolute atomic E-state index is 12.9. The molecule has 1 amide bonds. The Bertz CT molecular complexity index is 1120. The minimum atomic E-state index is 0.105. The van der Waals surface area contributed by atoms with Crippen molar-refractivity contribution in [3.63, 3.8) is 0 Å². The van der Waals surface area contributed by atoms with E-state index in [-0.39, 0.29) is 5.91 Å². The van der Waals surface area contributed by atoms with Gasteiger partial charge in [0.2, 0.25) is 0 Å². The third-order valence-corrected chi connectivity index (χ3v) is 6.11. The van der Waals surface area contributed by atoms with Crippen LogP contribution in [0.4, 0.5) is 0 Å². The number of likely N-dealkylation sites (tertiary alicyclic amines) is 1. The van der Waals surface area contributed by atoms with Gasteiger partial charge in [0, 0.05) is 42.0 Å². The van der Waals surface area contributed by atoms with E-state index in [1.165, 1.54) is 16.6 Å². The fourth-order valence-electron chi connectivity index (χ4n) is 4.09. The monoisotopic (exact) mass is 448 g/mol. The van der Waals surface area contributed by atoms with Gasteiger partial charge in [-0.2, -0.15) is 5.10 Å². The van der Waals surface area contributed by atoms with E-state index < -0.39 is 0 Å². The number of nitrogens with one attached hydrogen (secondary N) is 1. The van der Waals surface area contributed by atoms with E-state index in [1.54, 1.807) is 10.9 Å². The quantitative estimate of drug-likeness (QED) is 0.471. The summed E-state index contributed by atoms with van der Waals surface area (Å²) >= 11 is 3.40. The number of piperidine rings is 1. The van der Waals surface area contributed by atoms with Crippen molar-refractivity contribution in [2.75, 3.05) is 13.1 Å². The first-order chi connectivity index (χ1) is 14.2. The Labute approximate surface area is 177 Å². The highest BCUT2D eigenvalue weighted by atomic mass is 79.9. The van der Waals surface area contributed by atoms with Crippen LogP contribution < -0.4 is 0 Å². The number of amides is 1. The first-order valence-corrected chi connectivity index (χ1v) is 10.6. The van der Waals surface area contributed by atoms with Gasteiger partial charge in [-0.15, -0.1) is 0 Å². The van der Waals surface area contributed by atoms with E-state index in [4.69, 9.17) is 0 Å². The maximum atomic E-state index is 12.9. The third-order valence-electron chi connectivity index (χ3n) is 5.70. The lowest BCUT2D eigenvalue weighted by molar-refractivity contribution is 0.0712. The predicted octanol–water partition coefficient (Wildman–Crippen LogP) is 5.14. The molecule has 0 saturated carbocycles. The molecule has 0 spiro atoms. The molecule has 146 valence electrons. The number of para-hydroxylation sites is 1. The van der Waals surface area contributed by atoms with E-state index in [1.807, 2.05) is 35.4 Å². The second-order valence-corrected chi connectivity index (χ2v) is 8.44. The van der Waals surface area contributed by atoms with Crippen LogP contribution in [0, 0.1) is 0 Å². The molecule has 2 aromatic carbocycles. The number of rotatable bonds is 3. The fourth-order valence-corrected chi connectivity index (χ4v) is 4.38. The second-order valence-electron chi connectivity index (χ2n) is 7.53. The van der Waals surface area contributed by atoms with Crippen molar-refractivity contribution in [3.8, 4) is 5.69 Å². The zero-order chi connectivity index (χ0) is 19.8. The van der Waals surface area contributed by atoms with Crippen LogP contribution >= 0.6 is 15.9 Å². The van der Waals surface area contributed by atoms with Gasteiger partial charge in [0.05, 0.1) is 16.4 Å². The summed E-state index contributed by atoms with van der Waals surface area (Å²) in [4.78, 5) is 18.4. The topological polar surface area (TPSA) is 53.9 Å². The second kappa shape index (κ2) is 7.52. The number of carbonyl (C=O) groups excluding carboxylic acids is 1. The SMILES string of the molecule is O=C(c1ccc(-n2cc(Br)cn2)cc1)N1CCC(c2cc3ccccc3[nH]2)CC1. The van der Waals surface area contributed by atoms with Crippen LogP contribution in [0.15, 0.2) is 71.5 Å². The van der Waals surface area contributed by atoms with Gasteiger partial charge < -0.3 is 9.88 Å². The van der Waals surface area contributed by atoms with Gasteiger partial charge in [-0.3, -0.25) is 4.79 Å². The first kappa shape index (κ1) is 18.2. The van der Waals surface area contributed by atoms with Crippen LogP contribution in [-0.2, 0) is 0 Å². The average Bonchev–Trinajstić information content (AvgIpc) is 3.40. The van der Waals surface area contributed by atoms with Gasteiger partial charge in [-0.05, 0) is 70.6 Å². The Morgan fingerprint density at radius 1 is 1.07 bits per heavy atom. The van der Waals surface area contributed by atoms with Crippen molar-refractivity contribution >= 4 is 32.7 Å². The highest BCUT2D eigenvalue weighted by Crippen LogP contribution is 2.30. The summed E-state index contributed by atoms with van der Waals surface area (Å²) in [5.41, 5.74) is 4.13. The van der Waals surface area contributed by atoms with Gasteiger partial charge in [0.1, 0.15) is 0 Å². The largest absolute Gasteiger partial charge is 0.358 e. The molecule has 0 radical (unpaired) electrons. The summed E-state index contributed by atoms with van der Waals surface area (Å²) in [6.07, 6.45) is 5.61. The summed E-state index contributed by atoms with van der Waals surface area (Å²) in [6, 6.07) is 18.3. The predicted molar refractivity (Wildman–Crippen MR) is 117 cm³/mol. The van der Waals surface area contributed by atoms with Gasteiger partial charge in [-0.25, -0.2) is 4.68 Å². The Morgan fingerprint density at radius 3 is 2.52 bits per heavy atom. The lowest BCUT2D eigenvalue weighted by Crippen LogP contribution is -2.38. The summed E-state index contributed by atoms with van der Waals surface area (Å²) in [6.45, 7) is 1.57. The van der Waals surface area contributed by atoms with E-state index in [0.29, 0.717) is 5.92 Å². The van der Waals surface area contributed by atoms with Gasteiger partial charge in [0.15, 0.2) is 0 Å². The molecule has 1 aliphatic heterocycles. The standard InChI is InChI=1S/C23H21BrN4O/c24-19-14-25-28(15-19)20-7-5-17(6-8-20)23(29)27-11-9-16(10-12-27)22-13-18-3-1-2-4-21(18)26-22/h1-8,13-16,26H,9-12H2. The van der Waals surface area contributed by atoms with Crippen LogP contribution in [0.25, 0.3) is 16.6 Å². The summed E-state index contributed by atoms with van der Waals surface area (Å²) in [5, 5.41) is 5.53. The van der Waals surface area contributed by atoms with Crippen molar-refractivity contribution in [3.05, 3.63) is 82.7 Å². The summed E-state index contributed by atoms with van der Waals surface area (Å²) in [7, 11) is 0. The van der Waals surface area contributed by atoms with Gasteiger partial charge in [0.25, 0.3) is 5.91 Å². The van der Waals surface area contributed by atoms with Crippen LogP contribution in [0.3, 0.4) is 0 Å². The number of hydrogen-bond acceptors (Lipinski definition) is 2. The third kappa shape index (κ3) is 3.60. The maximum Gasteiger partial charge on any atom is 0.253 e. The number of hydrogen-bond donors (Lipinski definition) is 1. The van der Waals surface area contributed by atoms with Gasteiger partial charge >= 0.3 is 0 Å². The molecule has 0 unspecified atom stereocenters. The molecule has 0 bridgehead atoms. The molecule has 5 rings (SSSR count). The lowest BCUT2D eigenvalue weighted by atomic mass is 9.93. The number of fused-ring (bicyclic) bond motifs is 1. The molecule has 1 fully saturated rings. The zero-order valence-electron chi connectivity index (χ0n) is 15.9. The number of aromatic nitrogens is 3. The van der Waals surface area contributed by atoms with Crippen molar-refractivity contribution in [1.29, 1.82) is 0 Å². The molecule has 6 heteroatoms. The van der Waals surface area contributed by atoms with Crippen LogP contribution in [-0.4, -0.2) is 38.7 Å². The Balaban J connectivity index is 1.25. The molecule has 1 saturated heterocycles. The summed E-state index contributed by atoms with van der Waals surface area (Å²) in [5.74, 6) is 0.584. The van der Waals surface area contributed by atoms with Crippen molar-refractivity contribution in [2.45, 2.75) is 18.8 Å². The first-order valence-electron chi connectivity index (χ1n) is 9.85. The minimum absolute atomic E-state index is 0.105. The average molecular weight is 449 g/mol. The number of carbonyl (C=O) groups is 1. The van der Waals surface area contributed by atoms with Crippen molar-refractivity contribution in [2.24, 2.45) is 0 Å².